The summed E-state index contributed by atoms with van der Waals surface area (Å²) in [4.78, 5) is 23.5. The molecule has 12 heteroatoms. The molecule has 1 saturated heterocycles. The first-order valence-corrected chi connectivity index (χ1v) is 10.3. The van der Waals surface area contributed by atoms with Gasteiger partial charge in [-0.2, -0.15) is 0 Å². The number of phenolic OH excluding ortho intramolecular Hbond substituents is 4. The molecule has 7 N–H and O–H groups in total. The predicted molar refractivity (Wildman–Crippen MR) is 117 cm³/mol. The highest BCUT2D eigenvalue weighted by Gasteiger charge is 2.45. The van der Waals surface area contributed by atoms with Crippen LogP contribution in [0.1, 0.15) is 22.8 Å². The van der Waals surface area contributed by atoms with Crippen LogP contribution >= 0.6 is 0 Å². The van der Waals surface area contributed by atoms with Crippen molar-refractivity contribution in [3.05, 3.63) is 47.5 Å². The van der Waals surface area contributed by atoms with Gasteiger partial charge >= 0.3 is 5.97 Å². The maximum atomic E-state index is 12.5. The average Bonchev–Trinajstić information content (AvgIpc) is 2.82. The Hall–Kier alpha value is -3.84. The third-order valence-electron chi connectivity index (χ3n) is 5.17. The lowest BCUT2D eigenvalue weighted by atomic mass is 9.99. The highest BCUT2D eigenvalue weighted by atomic mass is 16.7. The monoisotopic (exact) mass is 492 g/mol. The summed E-state index contributed by atoms with van der Waals surface area (Å²) in [5.41, 5.74) is 0.0761. The number of carbonyl (C=O) groups is 2. The topological polar surface area (TPSA) is 203 Å². The second-order valence-electron chi connectivity index (χ2n) is 7.69. The van der Waals surface area contributed by atoms with Gasteiger partial charge in [0.05, 0.1) is 5.56 Å². The number of hydrogen-bond acceptors (Lipinski definition) is 12. The lowest BCUT2D eigenvalue weighted by Gasteiger charge is -2.39. The quantitative estimate of drug-likeness (QED) is 0.119. The number of hydrogen-bond donors (Lipinski definition) is 7. The molecule has 1 fully saturated rings. The summed E-state index contributed by atoms with van der Waals surface area (Å²) in [6, 6.07) is 6.11. The SMILES string of the molecule is CC(=O)OCC1O[C@@H](Oc2ccc(C(=O)/C=C/c3ccc(O)c(O)c3)c(O)c2O)C(O)[C@@H](O)[C@@H]1O. The summed E-state index contributed by atoms with van der Waals surface area (Å²) >= 11 is 0. The van der Waals surface area contributed by atoms with E-state index >= 15 is 0 Å². The Bertz CT molecular complexity index is 1130. The maximum Gasteiger partial charge on any atom is 0.302 e. The highest BCUT2D eigenvalue weighted by molar-refractivity contribution is 6.09. The van der Waals surface area contributed by atoms with Crippen LogP contribution in [0.25, 0.3) is 6.08 Å². The van der Waals surface area contributed by atoms with Gasteiger partial charge < -0.3 is 50.0 Å². The number of allylic oxidation sites excluding steroid dienone is 1. The molecule has 35 heavy (non-hydrogen) atoms. The fourth-order valence-electron chi connectivity index (χ4n) is 3.24. The van der Waals surface area contributed by atoms with E-state index in [9.17, 15) is 45.3 Å². The van der Waals surface area contributed by atoms with E-state index in [1.54, 1.807) is 0 Å². The number of carbonyl (C=O) groups excluding carboxylic acids is 2. The molecule has 0 spiro atoms. The number of aliphatic hydroxyl groups is 3. The van der Waals surface area contributed by atoms with Gasteiger partial charge in [-0.15, -0.1) is 0 Å². The first-order chi connectivity index (χ1) is 16.5. The number of rotatable bonds is 7. The molecule has 0 saturated carbocycles. The van der Waals surface area contributed by atoms with Crippen LogP contribution in [0, 0.1) is 0 Å². The molecule has 0 amide bonds. The van der Waals surface area contributed by atoms with Crippen LogP contribution in [-0.2, 0) is 14.3 Å². The summed E-state index contributed by atoms with van der Waals surface area (Å²) < 4.78 is 15.4. The fraction of sp³-hybridized carbons (Fsp3) is 0.304. The number of ether oxygens (including phenoxy) is 3. The third-order valence-corrected chi connectivity index (χ3v) is 5.17. The van der Waals surface area contributed by atoms with E-state index in [-0.39, 0.29) is 17.1 Å². The van der Waals surface area contributed by atoms with Crippen LogP contribution < -0.4 is 4.74 Å². The first kappa shape index (κ1) is 25.8. The van der Waals surface area contributed by atoms with Crippen molar-refractivity contribution in [2.75, 3.05) is 6.61 Å². The first-order valence-electron chi connectivity index (χ1n) is 10.3. The molecular formula is C23H24O12. The number of aliphatic hydroxyl groups excluding tert-OH is 3. The van der Waals surface area contributed by atoms with Crippen molar-refractivity contribution >= 4 is 17.8 Å². The molecule has 2 unspecified atom stereocenters. The summed E-state index contributed by atoms with van der Waals surface area (Å²) in [7, 11) is 0. The van der Waals surface area contributed by atoms with E-state index in [4.69, 9.17) is 14.2 Å². The van der Waals surface area contributed by atoms with Crippen LogP contribution in [0.5, 0.6) is 28.7 Å². The van der Waals surface area contributed by atoms with E-state index in [0.717, 1.165) is 25.1 Å². The highest BCUT2D eigenvalue weighted by Crippen LogP contribution is 2.40. The molecule has 1 heterocycles. The van der Waals surface area contributed by atoms with Gasteiger partial charge in [0.1, 0.15) is 31.0 Å². The molecule has 1 aliphatic heterocycles. The number of aromatic hydroxyl groups is 4. The zero-order valence-electron chi connectivity index (χ0n) is 18.3. The van der Waals surface area contributed by atoms with Gasteiger partial charge in [-0.3, -0.25) is 9.59 Å². The summed E-state index contributed by atoms with van der Waals surface area (Å²) in [5.74, 6) is -4.22. The Morgan fingerprint density at radius 1 is 0.943 bits per heavy atom. The molecule has 3 rings (SSSR count). The van der Waals surface area contributed by atoms with E-state index in [1.807, 2.05) is 0 Å². The fourth-order valence-corrected chi connectivity index (χ4v) is 3.24. The van der Waals surface area contributed by atoms with Crippen molar-refractivity contribution in [1.82, 2.24) is 0 Å². The predicted octanol–water partition coefficient (Wildman–Crippen LogP) is 0.155. The molecule has 12 nitrogen and oxygen atoms in total. The van der Waals surface area contributed by atoms with Gasteiger partial charge in [-0.05, 0) is 35.9 Å². The Morgan fingerprint density at radius 2 is 1.66 bits per heavy atom. The second-order valence-corrected chi connectivity index (χ2v) is 7.69. The van der Waals surface area contributed by atoms with Crippen molar-refractivity contribution in [1.29, 1.82) is 0 Å². The zero-order chi connectivity index (χ0) is 25.9. The number of esters is 1. The van der Waals surface area contributed by atoms with Crippen molar-refractivity contribution < 1.29 is 59.5 Å². The van der Waals surface area contributed by atoms with Gasteiger partial charge in [0.2, 0.25) is 12.0 Å². The van der Waals surface area contributed by atoms with Crippen LogP contribution in [-0.4, -0.2) is 84.8 Å². The van der Waals surface area contributed by atoms with Crippen LogP contribution in [0.3, 0.4) is 0 Å². The largest absolute Gasteiger partial charge is 0.504 e. The molecule has 2 aromatic rings. The standard InChI is InChI=1S/C23H24O12/c1-10(24)33-9-17-20(30)21(31)22(32)23(35-17)34-16-7-4-12(18(28)19(16)29)13(25)5-2-11-3-6-14(26)15(27)8-11/h2-8,17,20-23,26-32H,9H2,1H3/b5-2+/t17?,20-,21+,22?,23-/m1/s1. The van der Waals surface area contributed by atoms with Gasteiger partial charge in [0.15, 0.2) is 28.8 Å². The van der Waals surface area contributed by atoms with Crippen molar-refractivity contribution in [3.8, 4) is 28.7 Å². The molecule has 5 atom stereocenters. The Balaban J connectivity index is 1.76. The summed E-state index contributed by atoms with van der Waals surface area (Å²) in [5, 5.41) is 69.7. The maximum absolute atomic E-state index is 12.5. The smallest absolute Gasteiger partial charge is 0.302 e. The number of benzene rings is 2. The van der Waals surface area contributed by atoms with Gasteiger partial charge in [-0.25, -0.2) is 0 Å². The molecular weight excluding hydrogens is 468 g/mol. The van der Waals surface area contributed by atoms with Crippen LogP contribution in [0.4, 0.5) is 0 Å². The molecule has 0 aliphatic carbocycles. The summed E-state index contributed by atoms with van der Waals surface area (Å²) in [6.07, 6.45) is -5.64. The lowest BCUT2D eigenvalue weighted by Crippen LogP contribution is -2.60. The molecule has 0 bridgehead atoms. The van der Waals surface area contributed by atoms with E-state index in [1.165, 1.54) is 24.3 Å². The van der Waals surface area contributed by atoms with E-state index in [0.29, 0.717) is 5.56 Å². The van der Waals surface area contributed by atoms with Crippen molar-refractivity contribution in [2.24, 2.45) is 0 Å². The summed E-state index contributed by atoms with van der Waals surface area (Å²) in [6.45, 7) is 0.678. The molecule has 0 radical (unpaired) electrons. The Morgan fingerprint density at radius 3 is 2.31 bits per heavy atom. The molecule has 1 aliphatic rings. The molecule has 188 valence electrons. The Kier molecular flexibility index (Phi) is 7.82. The minimum atomic E-state index is -1.77. The molecule has 2 aromatic carbocycles. The second kappa shape index (κ2) is 10.6. The van der Waals surface area contributed by atoms with Crippen LogP contribution in [0.15, 0.2) is 36.4 Å². The van der Waals surface area contributed by atoms with E-state index in [2.05, 4.69) is 0 Å². The average molecular weight is 492 g/mol. The third kappa shape index (κ3) is 5.81. The van der Waals surface area contributed by atoms with Crippen molar-refractivity contribution in [2.45, 2.75) is 37.6 Å². The minimum Gasteiger partial charge on any atom is -0.504 e. The van der Waals surface area contributed by atoms with Gasteiger partial charge in [-0.1, -0.05) is 12.1 Å². The minimum absolute atomic E-state index is 0.303. The Labute approximate surface area is 198 Å². The number of phenols is 4. The van der Waals surface area contributed by atoms with Crippen LogP contribution in [0.2, 0.25) is 0 Å². The zero-order valence-corrected chi connectivity index (χ0v) is 18.3. The van der Waals surface area contributed by atoms with Crippen molar-refractivity contribution in [3.63, 3.8) is 0 Å². The van der Waals surface area contributed by atoms with Gasteiger partial charge in [0, 0.05) is 6.92 Å². The molecule has 0 aromatic heterocycles. The van der Waals surface area contributed by atoms with E-state index < -0.39 is 66.3 Å². The normalized spacial score (nSPS) is 24.3. The lowest BCUT2D eigenvalue weighted by molar-refractivity contribution is -0.278. The van der Waals surface area contributed by atoms with Gasteiger partial charge in [0.25, 0.3) is 0 Å². The number of ketones is 1.